The molecular formula is C27H38N2O3S. The summed E-state index contributed by atoms with van der Waals surface area (Å²) in [4.78, 5) is 12.4. The van der Waals surface area contributed by atoms with Crippen LogP contribution in [0.3, 0.4) is 0 Å². The van der Waals surface area contributed by atoms with Crippen LogP contribution in [-0.4, -0.2) is 20.9 Å². The van der Waals surface area contributed by atoms with Gasteiger partial charge in [0.1, 0.15) is 0 Å². The Balaban J connectivity index is 1.27. The summed E-state index contributed by atoms with van der Waals surface area (Å²) in [5.41, 5.74) is 1.25. The molecule has 1 aliphatic rings. The first-order valence-corrected chi connectivity index (χ1v) is 14.0. The first kappa shape index (κ1) is 25.3. The molecule has 0 heterocycles. The average molecular weight is 471 g/mol. The molecule has 33 heavy (non-hydrogen) atoms. The van der Waals surface area contributed by atoms with Crippen LogP contribution in [0.5, 0.6) is 0 Å². The predicted molar refractivity (Wildman–Crippen MR) is 135 cm³/mol. The lowest BCUT2D eigenvalue weighted by Gasteiger charge is -2.21. The third-order valence-electron chi connectivity index (χ3n) is 6.52. The van der Waals surface area contributed by atoms with Crippen molar-refractivity contribution in [2.45, 2.75) is 81.9 Å². The van der Waals surface area contributed by atoms with Gasteiger partial charge < -0.3 is 5.32 Å². The number of carbonyl (C=O) groups excluding carboxylic acids is 1. The Kier molecular flexibility index (Phi) is 10.3. The van der Waals surface area contributed by atoms with Gasteiger partial charge in [-0.15, -0.1) is 0 Å². The summed E-state index contributed by atoms with van der Waals surface area (Å²) >= 11 is 0. The van der Waals surface area contributed by atoms with E-state index in [1.165, 1.54) is 82.8 Å². The van der Waals surface area contributed by atoms with E-state index in [2.05, 4.69) is 10.0 Å². The third kappa shape index (κ3) is 8.84. The van der Waals surface area contributed by atoms with E-state index in [1.54, 1.807) is 30.3 Å². The summed E-state index contributed by atoms with van der Waals surface area (Å²) in [5, 5.41) is 3.38. The smallest absolute Gasteiger partial charge is 0.264 e. The fourth-order valence-corrected chi connectivity index (χ4v) is 5.55. The molecule has 0 unspecified atom stereocenters. The fourth-order valence-electron chi connectivity index (χ4n) is 4.55. The molecule has 0 aromatic heterocycles. The minimum Gasteiger partial charge on any atom is -0.385 e. The van der Waals surface area contributed by atoms with Gasteiger partial charge in [0.2, 0.25) is 0 Å². The van der Waals surface area contributed by atoms with Gasteiger partial charge in [0, 0.05) is 17.8 Å². The second kappa shape index (κ2) is 13.4. The lowest BCUT2D eigenvalue weighted by molar-refractivity contribution is 0.0981. The first-order valence-electron chi connectivity index (χ1n) is 12.5. The SMILES string of the molecule is O=C(NS(=O)(=O)c1ccccc1)c1ccc(NCCCCCCCCC2CCCCC2)cc1. The van der Waals surface area contributed by atoms with E-state index in [-0.39, 0.29) is 4.90 Å². The molecule has 1 aliphatic carbocycles. The monoisotopic (exact) mass is 470 g/mol. The summed E-state index contributed by atoms with van der Waals surface area (Å²) in [7, 11) is -3.87. The van der Waals surface area contributed by atoms with E-state index >= 15 is 0 Å². The largest absolute Gasteiger partial charge is 0.385 e. The highest BCUT2D eigenvalue weighted by Crippen LogP contribution is 2.28. The lowest BCUT2D eigenvalue weighted by atomic mass is 9.85. The van der Waals surface area contributed by atoms with Gasteiger partial charge in [-0.3, -0.25) is 4.79 Å². The van der Waals surface area contributed by atoms with Gasteiger partial charge >= 0.3 is 0 Å². The van der Waals surface area contributed by atoms with Gasteiger partial charge in [-0.05, 0) is 48.7 Å². The van der Waals surface area contributed by atoms with Gasteiger partial charge in [-0.1, -0.05) is 88.8 Å². The Morgan fingerprint density at radius 1 is 0.788 bits per heavy atom. The molecule has 1 fully saturated rings. The van der Waals surface area contributed by atoms with Crippen LogP contribution in [0.1, 0.15) is 87.4 Å². The van der Waals surface area contributed by atoms with Crippen molar-refractivity contribution in [1.29, 1.82) is 0 Å². The van der Waals surface area contributed by atoms with Crippen molar-refractivity contribution in [3.05, 3.63) is 60.2 Å². The fraction of sp³-hybridized carbons (Fsp3) is 0.519. The molecule has 0 radical (unpaired) electrons. The molecule has 0 atom stereocenters. The predicted octanol–water partition coefficient (Wildman–Crippen LogP) is 6.53. The van der Waals surface area contributed by atoms with Crippen molar-refractivity contribution in [3.63, 3.8) is 0 Å². The highest BCUT2D eigenvalue weighted by atomic mass is 32.2. The molecule has 0 spiro atoms. The quantitative estimate of drug-likeness (QED) is 0.326. The van der Waals surface area contributed by atoms with E-state index in [0.29, 0.717) is 5.56 Å². The summed E-state index contributed by atoms with van der Waals surface area (Å²) in [6.07, 6.45) is 16.5. The van der Waals surface area contributed by atoms with Gasteiger partial charge in [0.25, 0.3) is 15.9 Å². The van der Waals surface area contributed by atoms with Gasteiger partial charge in [0.05, 0.1) is 4.90 Å². The maximum absolute atomic E-state index is 12.3. The second-order valence-corrected chi connectivity index (χ2v) is 10.8. The number of carbonyl (C=O) groups is 1. The van der Waals surface area contributed by atoms with Gasteiger partial charge in [0.15, 0.2) is 0 Å². The van der Waals surface area contributed by atoms with Crippen LogP contribution in [-0.2, 0) is 10.0 Å². The van der Waals surface area contributed by atoms with Crippen molar-refractivity contribution in [2.24, 2.45) is 5.92 Å². The van der Waals surface area contributed by atoms with E-state index in [4.69, 9.17) is 0 Å². The van der Waals surface area contributed by atoms with Gasteiger partial charge in [-0.2, -0.15) is 0 Å². The van der Waals surface area contributed by atoms with Crippen LogP contribution in [0.4, 0.5) is 5.69 Å². The summed E-state index contributed by atoms with van der Waals surface area (Å²) in [6.45, 7) is 0.899. The molecule has 0 aliphatic heterocycles. The molecule has 2 aromatic carbocycles. The highest BCUT2D eigenvalue weighted by molar-refractivity contribution is 7.90. The molecule has 180 valence electrons. The zero-order chi connectivity index (χ0) is 23.4. The van der Waals surface area contributed by atoms with Crippen LogP contribution in [0.15, 0.2) is 59.5 Å². The molecule has 3 rings (SSSR count). The number of amides is 1. The standard InChI is InChI=1S/C27H38N2O3S/c30-27(29-33(31,32)26-16-10-6-11-17-26)24-18-20-25(21-19-24)28-22-12-4-2-1-3-7-13-23-14-8-5-9-15-23/h6,10-11,16-21,23,28H,1-5,7-9,12-15,22H2,(H,29,30). The van der Waals surface area contributed by atoms with Crippen LogP contribution < -0.4 is 10.0 Å². The summed E-state index contributed by atoms with van der Waals surface area (Å²) < 4.78 is 26.7. The average Bonchev–Trinajstić information content (AvgIpc) is 2.84. The van der Waals surface area contributed by atoms with Crippen molar-refractivity contribution < 1.29 is 13.2 Å². The molecule has 1 amide bonds. The lowest BCUT2D eigenvalue weighted by Crippen LogP contribution is -2.30. The Hall–Kier alpha value is -2.34. The Labute approximate surface area is 199 Å². The number of hydrogen-bond acceptors (Lipinski definition) is 4. The number of anilines is 1. The minimum absolute atomic E-state index is 0.0702. The van der Waals surface area contributed by atoms with Crippen molar-refractivity contribution >= 4 is 21.6 Å². The van der Waals surface area contributed by atoms with E-state index < -0.39 is 15.9 Å². The first-order chi connectivity index (χ1) is 16.0. The number of sulfonamides is 1. The number of nitrogens with one attached hydrogen (secondary N) is 2. The van der Waals surface area contributed by atoms with Crippen molar-refractivity contribution in [1.82, 2.24) is 4.72 Å². The molecule has 2 N–H and O–H groups in total. The van der Waals surface area contributed by atoms with E-state index in [9.17, 15) is 13.2 Å². The van der Waals surface area contributed by atoms with E-state index in [0.717, 1.165) is 24.6 Å². The van der Waals surface area contributed by atoms with Crippen LogP contribution in [0.25, 0.3) is 0 Å². The molecule has 1 saturated carbocycles. The highest BCUT2D eigenvalue weighted by Gasteiger charge is 2.18. The van der Waals surface area contributed by atoms with Crippen LogP contribution in [0, 0.1) is 5.92 Å². The molecule has 0 bridgehead atoms. The summed E-state index contributed by atoms with van der Waals surface area (Å²) in [6, 6.07) is 14.8. The molecule has 2 aromatic rings. The third-order valence-corrected chi connectivity index (χ3v) is 7.87. The Bertz CT molecular complexity index is 937. The number of unbranched alkanes of at least 4 members (excludes halogenated alkanes) is 5. The number of benzene rings is 2. The maximum atomic E-state index is 12.3. The molecule has 5 nitrogen and oxygen atoms in total. The number of hydrogen-bond donors (Lipinski definition) is 2. The topological polar surface area (TPSA) is 75.3 Å². The van der Waals surface area contributed by atoms with Crippen LogP contribution >= 0.6 is 0 Å². The maximum Gasteiger partial charge on any atom is 0.264 e. The molecule has 0 saturated heterocycles. The zero-order valence-corrected chi connectivity index (χ0v) is 20.4. The Morgan fingerprint density at radius 3 is 2.12 bits per heavy atom. The molecular weight excluding hydrogens is 432 g/mol. The van der Waals surface area contributed by atoms with Crippen molar-refractivity contribution in [2.75, 3.05) is 11.9 Å². The van der Waals surface area contributed by atoms with Gasteiger partial charge in [-0.25, -0.2) is 13.1 Å². The Morgan fingerprint density at radius 2 is 1.42 bits per heavy atom. The van der Waals surface area contributed by atoms with Crippen molar-refractivity contribution in [3.8, 4) is 0 Å². The number of rotatable bonds is 13. The molecule has 6 heteroatoms. The zero-order valence-electron chi connectivity index (χ0n) is 19.6. The van der Waals surface area contributed by atoms with E-state index in [1.807, 2.05) is 12.1 Å². The van der Waals surface area contributed by atoms with Crippen LogP contribution in [0.2, 0.25) is 0 Å². The summed E-state index contributed by atoms with van der Waals surface area (Å²) in [5.74, 6) is 0.377. The minimum atomic E-state index is -3.87. The second-order valence-electron chi connectivity index (χ2n) is 9.17. The normalized spacial score (nSPS) is 14.7.